The molecule has 0 aliphatic heterocycles. The summed E-state index contributed by atoms with van der Waals surface area (Å²) >= 11 is 5.58. The highest BCUT2D eigenvalue weighted by Gasteiger charge is 2.27. The van der Waals surface area contributed by atoms with Gasteiger partial charge in [0.05, 0.1) is 0 Å². The summed E-state index contributed by atoms with van der Waals surface area (Å²) in [6.45, 7) is 5.45. The number of carbonyl (C=O) groups is 1. The van der Waals surface area contributed by atoms with Crippen LogP contribution in [0, 0.1) is 5.41 Å². The Balaban J connectivity index is 4.09. The van der Waals surface area contributed by atoms with Gasteiger partial charge in [0.25, 0.3) is 0 Å². The third kappa shape index (κ3) is 3.13. The highest BCUT2D eigenvalue weighted by Crippen LogP contribution is 2.28. The Kier molecular flexibility index (Phi) is 4.07. The minimum absolute atomic E-state index is 0.0332. The highest BCUT2D eigenvalue weighted by atomic mass is 35.7. The van der Waals surface area contributed by atoms with Gasteiger partial charge in [-0.15, -0.1) is 11.6 Å². The quantitative estimate of drug-likeness (QED) is 0.638. The largest absolute Gasteiger partial charge is 0.296 e. The summed E-state index contributed by atoms with van der Waals surface area (Å²) in [5, 5.41) is 0. The molecule has 4 heteroatoms. The first kappa shape index (κ1) is 10.6. The van der Waals surface area contributed by atoms with Crippen molar-refractivity contribution in [2.45, 2.75) is 25.5 Å². The first-order valence-corrected chi connectivity index (χ1v) is 4.99. The van der Waals surface area contributed by atoms with Crippen LogP contribution in [0.2, 0.25) is 0 Å². The Morgan fingerprint density at radius 1 is 1.50 bits per heavy atom. The number of halogens is 2. The van der Waals surface area contributed by atoms with Crippen molar-refractivity contribution in [2.75, 3.05) is 0 Å². The summed E-state index contributed by atoms with van der Waals surface area (Å²) in [5.74, 6) is -0.0332. The normalized spacial score (nSPS) is 14.9. The van der Waals surface area contributed by atoms with Crippen LogP contribution in [0.15, 0.2) is 0 Å². The number of alkyl halides is 1. The molecule has 1 atom stereocenters. The fourth-order valence-electron chi connectivity index (χ4n) is 0.381. The van der Waals surface area contributed by atoms with Crippen LogP contribution in [-0.2, 0) is 4.79 Å². The summed E-state index contributed by atoms with van der Waals surface area (Å²) in [4.78, 5) is 11.2. The van der Waals surface area contributed by atoms with Gasteiger partial charge >= 0.3 is 0 Å². The van der Waals surface area contributed by atoms with Crippen LogP contribution in [0.4, 0.5) is 0 Å². The van der Waals surface area contributed by atoms with Crippen LogP contribution in [0.25, 0.3) is 0 Å². The molecule has 0 rings (SSSR count). The number of rotatable bonds is 2. The standard InChI is InChI=1S/C6H10Cl2OS/c1-6(2,3)4(9)5(7)10-8/h5H,1-3H3. The molecule has 0 N–H and O–H groups in total. The molecular weight excluding hydrogens is 191 g/mol. The number of carbonyl (C=O) groups excluding carboxylic acids is 1. The molecule has 0 heterocycles. The molecule has 1 unspecified atom stereocenters. The van der Waals surface area contributed by atoms with Crippen molar-refractivity contribution in [3.8, 4) is 0 Å². The zero-order valence-electron chi connectivity index (χ0n) is 6.15. The van der Waals surface area contributed by atoms with Crippen LogP contribution in [0.1, 0.15) is 20.8 Å². The zero-order chi connectivity index (χ0) is 8.36. The number of ketones is 1. The number of hydrogen-bond acceptors (Lipinski definition) is 2. The van der Waals surface area contributed by atoms with E-state index in [1.54, 1.807) is 0 Å². The molecule has 0 fully saturated rings. The summed E-state index contributed by atoms with van der Waals surface area (Å²) in [7, 11) is 6.16. The number of hydrogen-bond donors (Lipinski definition) is 0. The molecule has 0 aliphatic carbocycles. The fraction of sp³-hybridized carbons (Fsp3) is 0.833. The van der Waals surface area contributed by atoms with Crippen LogP contribution in [-0.4, -0.2) is 10.5 Å². The molecule has 0 amide bonds. The molecular formula is C6H10Cl2OS. The Hall–Kier alpha value is 0.600. The van der Waals surface area contributed by atoms with Crippen LogP contribution < -0.4 is 0 Å². The summed E-state index contributed by atoms with van der Waals surface area (Å²) in [6, 6.07) is 0. The Morgan fingerprint density at radius 3 is 2.00 bits per heavy atom. The lowest BCUT2D eigenvalue weighted by molar-refractivity contribution is -0.124. The minimum Gasteiger partial charge on any atom is -0.296 e. The van der Waals surface area contributed by atoms with Gasteiger partial charge in [-0.05, 0) is 21.7 Å². The van der Waals surface area contributed by atoms with Gasteiger partial charge in [-0.1, -0.05) is 20.8 Å². The van der Waals surface area contributed by atoms with Crippen molar-refractivity contribution < 1.29 is 4.79 Å². The molecule has 0 radical (unpaired) electrons. The molecule has 0 saturated heterocycles. The van der Waals surface area contributed by atoms with Gasteiger partial charge in [0.15, 0.2) is 10.5 Å². The molecule has 1 nitrogen and oxygen atoms in total. The van der Waals surface area contributed by atoms with Crippen molar-refractivity contribution in [1.82, 2.24) is 0 Å². The van der Waals surface area contributed by atoms with E-state index >= 15 is 0 Å². The third-order valence-corrected chi connectivity index (χ3v) is 2.67. The average molecular weight is 201 g/mol. The van der Waals surface area contributed by atoms with E-state index in [0.717, 1.165) is 11.0 Å². The summed E-state index contributed by atoms with van der Waals surface area (Å²) < 4.78 is -0.623. The maximum absolute atomic E-state index is 11.2. The highest BCUT2D eigenvalue weighted by molar-refractivity contribution is 8.22. The lowest BCUT2D eigenvalue weighted by Gasteiger charge is -2.17. The molecule has 10 heavy (non-hydrogen) atoms. The Labute approximate surface area is 75.0 Å². The van der Waals surface area contributed by atoms with Crippen molar-refractivity contribution >= 4 is 39.0 Å². The predicted octanol–water partition coefficient (Wildman–Crippen LogP) is 3.05. The van der Waals surface area contributed by atoms with Crippen molar-refractivity contribution in [1.29, 1.82) is 0 Å². The number of Topliss-reactive ketones (excluding diaryl/α,β-unsaturated/α-hetero) is 1. The zero-order valence-corrected chi connectivity index (χ0v) is 8.48. The minimum atomic E-state index is -0.623. The smallest absolute Gasteiger partial charge is 0.167 e. The van der Waals surface area contributed by atoms with E-state index < -0.39 is 10.1 Å². The van der Waals surface area contributed by atoms with E-state index in [1.807, 2.05) is 20.8 Å². The first-order chi connectivity index (χ1) is 4.39. The lowest BCUT2D eigenvalue weighted by Crippen LogP contribution is -2.26. The lowest BCUT2D eigenvalue weighted by atomic mass is 9.92. The van der Waals surface area contributed by atoms with E-state index in [-0.39, 0.29) is 5.78 Å². The Morgan fingerprint density at radius 2 is 1.90 bits per heavy atom. The topological polar surface area (TPSA) is 17.1 Å². The monoisotopic (exact) mass is 200 g/mol. The van der Waals surface area contributed by atoms with Gasteiger partial charge in [-0.25, -0.2) is 0 Å². The molecule has 0 aliphatic rings. The fourth-order valence-corrected chi connectivity index (χ4v) is 1.39. The molecule has 0 aromatic carbocycles. The van der Waals surface area contributed by atoms with E-state index in [0.29, 0.717) is 0 Å². The van der Waals surface area contributed by atoms with Crippen molar-refractivity contribution in [3.05, 3.63) is 0 Å². The van der Waals surface area contributed by atoms with Gasteiger partial charge in [-0.2, -0.15) is 0 Å². The second-order valence-corrected chi connectivity index (χ2v) is 4.90. The van der Waals surface area contributed by atoms with E-state index in [9.17, 15) is 4.79 Å². The van der Waals surface area contributed by atoms with Crippen molar-refractivity contribution in [3.63, 3.8) is 0 Å². The summed E-state index contributed by atoms with van der Waals surface area (Å²) in [6.07, 6.45) is 0. The van der Waals surface area contributed by atoms with Gasteiger partial charge in [0.1, 0.15) is 0 Å². The van der Waals surface area contributed by atoms with Gasteiger partial charge in [0.2, 0.25) is 0 Å². The maximum Gasteiger partial charge on any atom is 0.167 e. The third-order valence-electron chi connectivity index (χ3n) is 1.02. The molecule has 0 saturated carbocycles. The molecule has 0 aromatic heterocycles. The molecule has 0 bridgehead atoms. The second kappa shape index (κ2) is 3.84. The average Bonchev–Trinajstić information content (AvgIpc) is 1.83. The van der Waals surface area contributed by atoms with Gasteiger partial charge in [0, 0.05) is 5.41 Å². The van der Waals surface area contributed by atoms with Crippen molar-refractivity contribution in [2.24, 2.45) is 5.41 Å². The first-order valence-electron chi connectivity index (χ1n) is 2.85. The van der Waals surface area contributed by atoms with Crippen LogP contribution in [0.3, 0.4) is 0 Å². The molecule has 60 valence electrons. The second-order valence-electron chi connectivity index (χ2n) is 3.02. The van der Waals surface area contributed by atoms with Gasteiger partial charge < -0.3 is 0 Å². The predicted molar refractivity (Wildman–Crippen MR) is 47.5 cm³/mol. The van der Waals surface area contributed by atoms with E-state index in [2.05, 4.69) is 0 Å². The maximum atomic E-state index is 11.2. The Bertz CT molecular complexity index is 130. The molecule has 0 aromatic rings. The molecule has 0 spiro atoms. The van der Waals surface area contributed by atoms with Crippen LogP contribution >= 0.6 is 33.3 Å². The van der Waals surface area contributed by atoms with E-state index in [4.69, 9.17) is 22.3 Å². The SMILES string of the molecule is CC(C)(C)C(=O)C(Cl)SCl. The van der Waals surface area contributed by atoms with Gasteiger partial charge in [-0.3, -0.25) is 4.79 Å². The van der Waals surface area contributed by atoms with Crippen LogP contribution in [0.5, 0.6) is 0 Å². The van der Waals surface area contributed by atoms with E-state index in [1.165, 1.54) is 0 Å². The summed E-state index contributed by atoms with van der Waals surface area (Å²) in [5.41, 5.74) is -0.395.